The molecule has 5 atom stereocenters. The van der Waals surface area contributed by atoms with Crippen molar-refractivity contribution in [2.24, 2.45) is 5.73 Å². The van der Waals surface area contributed by atoms with Crippen LogP contribution in [0, 0.1) is 0 Å². The lowest BCUT2D eigenvalue weighted by Crippen LogP contribution is -2.71. The van der Waals surface area contributed by atoms with Crippen LogP contribution in [-0.2, 0) is 14.3 Å². The third-order valence-electron chi connectivity index (χ3n) is 3.44. The number of hydrogen-bond acceptors (Lipinski definition) is 7. The highest BCUT2D eigenvalue weighted by atomic mass is 16.6. The van der Waals surface area contributed by atoms with E-state index in [2.05, 4.69) is 11.9 Å². The number of aliphatic hydroxyl groups is 3. The quantitative estimate of drug-likeness (QED) is 0.194. The molecule has 0 aromatic rings. The molecule has 0 spiro atoms. The Labute approximate surface area is 128 Å². The zero-order valence-electron chi connectivity index (χ0n) is 12.4. The van der Waals surface area contributed by atoms with Gasteiger partial charge in [0.05, 0.1) is 18.8 Å². The fraction of sp³-hybridized carbons (Fsp3) is 0.692. The summed E-state index contributed by atoms with van der Waals surface area (Å²) in [5, 5.41) is 31.5. The maximum absolute atomic E-state index is 11.9. The van der Waals surface area contributed by atoms with Crippen LogP contribution in [0.1, 0.15) is 13.3 Å². The van der Waals surface area contributed by atoms with Crippen molar-refractivity contribution in [3.05, 3.63) is 12.7 Å². The maximum atomic E-state index is 11.9. The van der Waals surface area contributed by atoms with Crippen molar-refractivity contribution in [2.75, 3.05) is 13.2 Å². The fourth-order valence-corrected chi connectivity index (χ4v) is 2.22. The van der Waals surface area contributed by atoms with Gasteiger partial charge >= 0.3 is 0 Å². The molecule has 9 heteroatoms. The highest BCUT2D eigenvalue weighted by Crippen LogP contribution is 2.30. The van der Waals surface area contributed by atoms with Crippen molar-refractivity contribution < 1.29 is 29.6 Å². The molecule has 0 aliphatic carbocycles. The second-order valence-electron chi connectivity index (χ2n) is 5.21. The van der Waals surface area contributed by atoms with Crippen LogP contribution in [0.25, 0.3) is 0 Å². The number of rotatable bonds is 7. The van der Waals surface area contributed by atoms with E-state index in [9.17, 15) is 24.9 Å². The smallest absolute Gasteiger partial charge is 0.240 e. The summed E-state index contributed by atoms with van der Waals surface area (Å²) < 4.78 is 5.53. The molecular weight excluding hydrogens is 294 g/mol. The zero-order valence-corrected chi connectivity index (χ0v) is 12.4. The predicted molar refractivity (Wildman–Crippen MR) is 76.1 cm³/mol. The Morgan fingerprint density at radius 3 is 2.73 bits per heavy atom. The lowest BCUT2D eigenvalue weighted by molar-refractivity contribution is -0.276. The molecule has 1 aliphatic heterocycles. The number of amides is 2. The molecule has 22 heavy (non-hydrogen) atoms. The summed E-state index contributed by atoms with van der Waals surface area (Å²) >= 11 is 0. The summed E-state index contributed by atoms with van der Waals surface area (Å²) in [6.07, 6.45) is -2.29. The van der Waals surface area contributed by atoms with Crippen LogP contribution in [0.5, 0.6) is 0 Å². The van der Waals surface area contributed by atoms with E-state index in [0.29, 0.717) is 6.41 Å². The summed E-state index contributed by atoms with van der Waals surface area (Å²) in [4.78, 5) is 24.3. The van der Waals surface area contributed by atoms with E-state index in [1.54, 1.807) is 0 Å². The van der Waals surface area contributed by atoms with Crippen LogP contribution in [-0.4, -0.2) is 75.9 Å². The third kappa shape index (κ3) is 3.81. The second-order valence-corrected chi connectivity index (χ2v) is 5.21. The van der Waals surface area contributed by atoms with Gasteiger partial charge in [0.2, 0.25) is 18.2 Å². The van der Waals surface area contributed by atoms with E-state index in [0.717, 1.165) is 4.90 Å². The minimum absolute atomic E-state index is 0.0176. The van der Waals surface area contributed by atoms with Gasteiger partial charge in [0.25, 0.3) is 0 Å². The van der Waals surface area contributed by atoms with Crippen molar-refractivity contribution in [3.63, 3.8) is 0 Å². The molecule has 0 aromatic heterocycles. The summed E-state index contributed by atoms with van der Waals surface area (Å²) in [6, 6.07) is -0.880. The monoisotopic (exact) mass is 317 g/mol. The second kappa shape index (κ2) is 7.65. The van der Waals surface area contributed by atoms with Gasteiger partial charge in [-0.15, -0.1) is 6.58 Å². The molecule has 1 saturated heterocycles. The van der Waals surface area contributed by atoms with Crippen molar-refractivity contribution in [1.82, 2.24) is 10.2 Å². The molecule has 2 amide bonds. The minimum Gasteiger partial charge on any atom is -0.394 e. The highest BCUT2D eigenvalue weighted by Gasteiger charge is 2.50. The Morgan fingerprint density at radius 2 is 2.27 bits per heavy atom. The number of nitrogens with two attached hydrogens (primary N) is 1. The molecule has 1 heterocycles. The molecule has 0 radical (unpaired) electrons. The van der Waals surface area contributed by atoms with Gasteiger partial charge in [0.15, 0.2) is 0 Å². The number of ether oxygens (including phenoxy) is 1. The lowest BCUT2D eigenvalue weighted by atomic mass is 9.97. The molecule has 0 unspecified atom stereocenters. The zero-order chi connectivity index (χ0) is 16.9. The van der Waals surface area contributed by atoms with E-state index in [1.165, 1.54) is 13.0 Å². The van der Waals surface area contributed by atoms with Gasteiger partial charge in [-0.05, 0) is 6.92 Å². The number of nitrogens with one attached hydrogen (secondary N) is 1. The topological polar surface area (TPSA) is 145 Å². The first-order valence-electron chi connectivity index (χ1n) is 6.86. The Balaban J connectivity index is 3.17. The first kappa shape index (κ1) is 18.5. The summed E-state index contributed by atoms with van der Waals surface area (Å²) in [6.45, 7) is 4.37. The Hall–Kier alpha value is -1.52. The molecule has 6 N–H and O–H groups in total. The van der Waals surface area contributed by atoms with Gasteiger partial charge in [-0.1, -0.05) is 6.08 Å². The SMILES string of the molecule is C=CCN(C=O)[C@@]1(NC(=O)[C@H](C)N)C[C@@H](O)[C@H](O)[C@@H](CO)O1. The van der Waals surface area contributed by atoms with Crippen molar-refractivity contribution >= 4 is 12.3 Å². The first-order valence-corrected chi connectivity index (χ1v) is 6.86. The lowest BCUT2D eigenvalue weighted by Gasteiger charge is -2.49. The maximum Gasteiger partial charge on any atom is 0.240 e. The van der Waals surface area contributed by atoms with E-state index in [1.807, 2.05) is 0 Å². The minimum atomic E-state index is -1.73. The van der Waals surface area contributed by atoms with Gasteiger partial charge in [0, 0.05) is 13.0 Å². The van der Waals surface area contributed by atoms with Crippen molar-refractivity contribution in [3.8, 4) is 0 Å². The number of nitrogens with zero attached hydrogens (tertiary/aromatic N) is 1. The molecule has 126 valence electrons. The molecule has 1 aliphatic rings. The van der Waals surface area contributed by atoms with Crippen LogP contribution in [0.15, 0.2) is 12.7 Å². The van der Waals surface area contributed by atoms with Crippen LogP contribution in [0.2, 0.25) is 0 Å². The summed E-state index contributed by atoms with van der Waals surface area (Å²) in [7, 11) is 0. The van der Waals surface area contributed by atoms with Crippen molar-refractivity contribution in [1.29, 1.82) is 0 Å². The molecule has 0 bridgehead atoms. The number of aliphatic hydroxyl groups excluding tert-OH is 3. The number of carbonyl (C=O) groups is 2. The standard InChI is InChI=1S/C13H23N3O6/c1-3-4-16(7-18)13(15-12(21)8(2)14)5-9(19)11(20)10(6-17)22-13/h3,7-11,17,19-20H,1,4-6,14H2,2H3,(H,15,21)/t8-,9+,10+,11-,13-/m0/s1. The molecule has 0 aromatic carbocycles. The molecular formula is C13H23N3O6. The van der Waals surface area contributed by atoms with Gasteiger partial charge in [-0.2, -0.15) is 0 Å². The Kier molecular flexibility index (Phi) is 6.45. The van der Waals surface area contributed by atoms with Crippen LogP contribution < -0.4 is 11.1 Å². The molecule has 0 saturated carbocycles. The summed E-state index contributed by atoms with van der Waals surface area (Å²) in [5.74, 6) is -2.34. The van der Waals surface area contributed by atoms with Gasteiger partial charge in [0.1, 0.15) is 12.2 Å². The number of carbonyl (C=O) groups excluding carboxylic acids is 2. The van der Waals surface area contributed by atoms with Gasteiger partial charge in [-0.3, -0.25) is 14.5 Å². The largest absolute Gasteiger partial charge is 0.394 e. The third-order valence-corrected chi connectivity index (χ3v) is 3.44. The van der Waals surface area contributed by atoms with E-state index in [4.69, 9.17) is 10.5 Å². The fourth-order valence-electron chi connectivity index (χ4n) is 2.22. The normalized spacial score (nSPS) is 32.9. The number of hydrogen-bond donors (Lipinski definition) is 5. The Bertz CT molecular complexity index is 419. The predicted octanol–water partition coefficient (Wildman–Crippen LogP) is -2.75. The van der Waals surface area contributed by atoms with Crippen LogP contribution in [0.3, 0.4) is 0 Å². The van der Waals surface area contributed by atoms with E-state index >= 15 is 0 Å². The van der Waals surface area contributed by atoms with Gasteiger partial charge in [-0.25, -0.2) is 0 Å². The average molecular weight is 317 g/mol. The highest BCUT2D eigenvalue weighted by molar-refractivity contribution is 5.81. The van der Waals surface area contributed by atoms with Crippen molar-refractivity contribution in [2.45, 2.75) is 43.5 Å². The Morgan fingerprint density at radius 1 is 1.64 bits per heavy atom. The van der Waals surface area contributed by atoms with Crippen LogP contribution >= 0.6 is 0 Å². The molecule has 9 nitrogen and oxygen atoms in total. The first-order chi connectivity index (χ1) is 10.3. The molecule has 1 fully saturated rings. The summed E-state index contributed by atoms with van der Waals surface area (Å²) in [5.41, 5.74) is 5.50. The van der Waals surface area contributed by atoms with Crippen LogP contribution in [0.4, 0.5) is 0 Å². The van der Waals surface area contributed by atoms with E-state index < -0.39 is 42.7 Å². The van der Waals surface area contributed by atoms with E-state index in [-0.39, 0.29) is 13.0 Å². The average Bonchev–Trinajstić information content (AvgIpc) is 2.48. The van der Waals surface area contributed by atoms with Gasteiger partial charge < -0.3 is 31.1 Å². The molecule has 1 rings (SSSR count).